The maximum absolute atomic E-state index is 12.0. The van der Waals surface area contributed by atoms with Gasteiger partial charge in [0.1, 0.15) is 0 Å². The van der Waals surface area contributed by atoms with Crippen molar-refractivity contribution in [2.75, 3.05) is 0 Å². The molecule has 0 spiro atoms. The minimum absolute atomic E-state index is 0.0622. The van der Waals surface area contributed by atoms with Crippen molar-refractivity contribution in [3.8, 4) is 0 Å². The Labute approximate surface area is 97.0 Å². The Morgan fingerprint density at radius 1 is 1.13 bits per heavy atom. The fourth-order valence-electron chi connectivity index (χ4n) is 1.20. The van der Waals surface area contributed by atoms with E-state index in [0.29, 0.717) is 10.8 Å². The van der Waals surface area contributed by atoms with E-state index in [4.69, 9.17) is 22.2 Å². The highest BCUT2D eigenvalue weighted by molar-refractivity contribution is 7.39. The van der Waals surface area contributed by atoms with Crippen LogP contribution in [0, 0.1) is 0 Å². The topological polar surface area (TPSA) is 0 Å². The van der Waals surface area contributed by atoms with Gasteiger partial charge in [0.2, 0.25) is 0 Å². The first-order valence-corrected chi connectivity index (χ1v) is 7.75. The van der Waals surface area contributed by atoms with E-state index in [1.165, 1.54) is 0 Å². The molecule has 0 aliphatic rings. The predicted molar refractivity (Wildman–Crippen MR) is 57.9 cm³/mol. The van der Waals surface area contributed by atoms with E-state index >= 15 is 0 Å². The van der Waals surface area contributed by atoms with E-state index in [2.05, 4.69) is 0 Å². The van der Waals surface area contributed by atoms with Crippen LogP contribution in [-0.4, -0.2) is 13.6 Å². The molecule has 0 saturated carbocycles. The predicted octanol–water partition coefficient (Wildman–Crippen LogP) is 3.35. The first kappa shape index (κ1) is 12.9. The fraction of sp³-hybridized carbons (Fsp3) is 0.333. The first-order chi connectivity index (χ1) is 6.90. The van der Waals surface area contributed by atoms with Crippen LogP contribution in [0.2, 0.25) is 0 Å². The lowest BCUT2D eigenvalue weighted by molar-refractivity contribution is -0.133. The van der Waals surface area contributed by atoms with Gasteiger partial charge in [0.15, 0.2) is 0 Å². The molecule has 15 heavy (non-hydrogen) atoms. The minimum Gasteiger partial charge on any atom is -0.171 e. The number of benzene rings is 1. The highest BCUT2D eigenvalue weighted by Crippen LogP contribution is 2.21. The molecule has 0 amide bonds. The molecule has 1 radical (unpaired) electrons. The summed E-state index contributed by atoms with van der Waals surface area (Å²) in [6, 6.07) is 6.73. The number of hydrogen-bond acceptors (Lipinski definition) is 0. The normalized spacial score (nSPS) is 12.1. The average molecular weight is 272 g/mol. The van der Waals surface area contributed by atoms with Crippen LogP contribution >= 0.6 is 22.2 Å². The van der Waals surface area contributed by atoms with Gasteiger partial charge in [-0.15, -0.1) is 22.2 Å². The summed E-state index contributed by atoms with van der Waals surface area (Å²) >= 11 is 11.5. The van der Waals surface area contributed by atoms with Gasteiger partial charge in [0, 0.05) is 6.42 Å². The van der Waals surface area contributed by atoms with Crippen LogP contribution in [-0.2, 0) is 6.42 Å². The SMILES string of the molecule is FC(F)(F)CCc1ccccc1[Si](Cl)Cl. The molecule has 83 valence electrons. The molecule has 6 heteroatoms. The molecule has 0 aliphatic carbocycles. The van der Waals surface area contributed by atoms with E-state index < -0.39 is 20.0 Å². The van der Waals surface area contributed by atoms with Crippen molar-refractivity contribution >= 4 is 34.8 Å². The van der Waals surface area contributed by atoms with Crippen LogP contribution in [0.25, 0.3) is 0 Å². The number of rotatable bonds is 3. The van der Waals surface area contributed by atoms with Gasteiger partial charge in [-0.25, -0.2) is 0 Å². The van der Waals surface area contributed by atoms with Gasteiger partial charge in [-0.1, -0.05) is 24.3 Å². The summed E-state index contributed by atoms with van der Waals surface area (Å²) in [7, 11) is -1.73. The van der Waals surface area contributed by atoms with E-state index in [-0.39, 0.29) is 6.42 Å². The molecule has 0 aliphatic heterocycles. The zero-order valence-electron chi connectivity index (χ0n) is 7.61. The molecular weight excluding hydrogens is 264 g/mol. The molecule has 0 N–H and O–H groups in total. The van der Waals surface area contributed by atoms with Gasteiger partial charge >= 0.3 is 13.6 Å². The Balaban J connectivity index is 2.76. The lowest BCUT2D eigenvalue weighted by Gasteiger charge is -2.10. The van der Waals surface area contributed by atoms with Gasteiger partial charge in [0.05, 0.1) is 0 Å². The molecule has 1 aromatic rings. The first-order valence-electron chi connectivity index (χ1n) is 4.23. The quantitative estimate of drug-likeness (QED) is 0.584. The standard InChI is InChI=1S/C9H8Cl2F3Si/c10-15(11)8-4-2-1-3-7(8)5-6-9(12,13)14/h1-4H,5-6H2. The zero-order chi connectivity index (χ0) is 11.5. The third kappa shape index (κ3) is 4.45. The van der Waals surface area contributed by atoms with Crippen LogP contribution in [0.5, 0.6) is 0 Å². The zero-order valence-corrected chi connectivity index (χ0v) is 10.1. The molecular formula is C9H8Cl2F3Si. The maximum Gasteiger partial charge on any atom is 0.389 e. The van der Waals surface area contributed by atoms with E-state index in [1.54, 1.807) is 24.3 Å². The van der Waals surface area contributed by atoms with Gasteiger partial charge in [-0.05, 0) is 17.2 Å². The largest absolute Gasteiger partial charge is 0.389 e. The fourth-order valence-corrected chi connectivity index (χ4v) is 2.98. The third-order valence-electron chi connectivity index (χ3n) is 1.90. The Morgan fingerprint density at radius 3 is 2.27 bits per heavy atom. The summed E-state index contributed by atoms with van der Waals surface area (Å²) in [5.74, 6) is 0. The van der Waals surface area contributed by atoms with Crippen molar-refractivity contribution < 1.29 is 13.2 Å². The van der Waals surface area contributed by atoms with Gasteiger partial charge in [0.25, 0.3) is 0 Å². The highest BCUT2D eigenvalue weighted by Gasteiger charge is 2.27. The molecule has 1 aromatic carbocycles. The van der Waals surface area contributed by atoms with Crippen molar-refractivity contribution in [1.29, 1.82) is 0 Å². The third-order valence-corrected chi connectivity index (χ3v) is 4.02. The molecule has 0 atom stereocenters. The number of alkyl halides is 3. The summed E-state index contributed by atoms with van der Waals surface area (Å²) in [4.78, 5) is 0. The molecule has 0 nitrogen and oxygen atoms in total. The van der Waals surface area contributed by atoms with Crippen LogP contribution in [0.4, 0.5) is 13.2 Å². The summed E-state index contributed by atoms with van der Waals surface area (Å²) in [6.45, 7) is 0. The van der Waals surface area contributed by atoms with Gasteiger partial charge in [-0.3, -0.25) is 0 Å². The summed E-state index contributed by atoms with van der Waals surface area (Å²) in [6.07, 6.45) is -5.04. The average Bonchev–Trinajstić information content (AvgIpc) is 2.14. The van der Waals surface area contributed by atoms with Crippen molar-refractivity contribution in [2.45, 2.75) is 19.0 Å². The summed E-state index contributed by atoms with van der Waals surface area (Å²) in [5.41, 5.74) is 0.591. The summed E-state index contributed by atoms with van der Waals surface area (Å²) in [5, 5.41) is 0.648. The number of hydrogen-bond donors (Lipinski definition) is 0. The van der Waals surface area contributed by atoms with E-state index in [9.17, 15) is 13.2 Å². The Hall–Kier alpha value is -0.193. The van der Waals surface area contributed by atoms with Crippen molar-refractivity contribution in [3.05, 3.63) is 29.8 Å². The van der Waals surface area contributed by atoms with Crippen LogP contribution < -0.4 is 5.19 Å². The molecule has 0 heterocycles. The molecule has 0 aromatic heterocycles. The van der Waals surface area contributed by atoms with Crippen molar-refractivity contribution in [2.24, 2.45) is 0 Å². The lowest BCUT2D eigenvalue weighted by atomic mass is 10.1. The smallest absolute Gasteiger partial charge is 0.171 e. The molecule has 0 bridgehead atoms. The Morgan fingerprint density at radius 2 is 1.73 bits per heavy atom. The van der Waals surface area contributed by atoms with Crippen molar-refractivity contribution in [1.82, 2.24) is 0 Å². The molecule has 1 rings (SSSR count). The van der Waals surface area contributed by atoms with Crippen LogP contribution in [0.3, 0.4) is 0 Å². The lowest BCUT2D eigenvalue weighted by Crippen LogP contribution is -2.24. The molecule has 0 unspecified atom stereocenters. The highest BCUT2D eigenvalue weighted by atomic mass is 35.7. The second kappa shape index (κ2) is 5.23. The van der Waals surface area contributed by atoms with Crippen molar-refractivity contribution in [3.63, 3.8) is 0 Å². The monoisotopic (exact) mass is 271 g/mol. The van der Waals surface area contributed by atoms with Crippen LogP contribution in [0.1, 0.15) is 12.0 Å². The Bertz CT molecular complexity index is 325. The number of aryl methyl sites for hydroxylation is 1. The number of halogens is 5. The van der Waals surface area contributed by atoms with Gasteiger partial charge in [-0.2, -0.15) is 13.2 Å². The van der Waals surface area contributed by atoms with E-state index in [0.717, 1.165) is 0 Å². The van der Waals surface area contributed by atoms with Gasteiger partial charge < -0.3 is 0 Å². The molecule has 0 saturated heterocycles. The van der Waals surface area contributed by atoms with E-state index in [1.807, 2.05) is 0 Å². The minimum atomic E-state index is -4.14. The Kier molecular flexibility index (Phi) is 4.49. The summed E-state index contributed by atoms with van der Waals surface area (Å²) < 4.78 is 36.0. The molecule has 0 fully saturated rings. The second-order valence-electron chi connectivity index (χ2n) is 3.03. The van der Waals surface area contributed by atoms with Crippen LogP contribution in [0.15, 0.2) is 24.3 Å². The maximum atomic E-state index is 12.0. The second-order valence-corrected chi connectivity index (χ2v) is 6.94.